The van der Waals surface area contributed by atoms with Gasteiger partial charge in [0.2, 0.25) is 0 Å². The molecule has 0 saturated heterocycles. The van der Waals surface area contributed by atoms with Crippen LogP contribution in [-0.4, -0.2) is 15.8 Å². The number of rotatable bonds is 6. The maximum absolute atomic E-state index is 14.4. The van der Waals surface area contributed by atoms with Crippen LogP contribution in [0.3, 0.4) is 0 Å². The Morgan fingerprint density at radius 3 is 2.61 bits per heavy atom. The van der Waals surface area contributed by atoms with Gasteiger partial charge in [0.05, 0.1) is 11.2 Å². The molecule has 4 nitrogen and oxygen atoms in total. The van der Waals surface area contributed by atoms with E-state index in [2.05, 4.69) is 9.97 Å². The number of para-hydroxylation sites is 1. The van der Waals surface area contributed by atoms with Crippen molar-refractivity contribution in [2.24, 2.45) is 0 Å². The number of ketones is 1. The lowest BCUT2D eigenvalue weighted by atomic mass is 10.0. The average molecular weight is 372 g/mol. The number of aromatic nitrogens is 2. The highest BCUT2D eigenvalue weighted by atomic mass is 19.1. The van der Waals surface area contributed by atoms with Crippen molar-refractivity contribution < 1.29 is 13.9 Å². The van der Waals surface area contributed by atoms with E-state index in [9.17, 15) is 9.18 Å². The molecule has 5 heteroatoms. The molecule has 0 fully saturated rings. The van der Waals surface area contributed by atoms with Gasteiger partial charge in [-0.3, -0.25) is 9.78 Å². The van der Waals surface area contributed by atoms with Gasteiger partial charge < -0.3 is 4.74 Å². The fourth-order valence-electron chi connectivity index (χ4n) is 2.92. The van der Waals surface area contributed by atoms with Crippen molar-refractivity contribution in [3.63, 3.8) is 0 Å². The van der Waals surface area contributed by atoms with Crippen LogP contribution >= 0.6 is 0 Å². The van der Waals surface area contributed by atoms with Crippen LogP contribution in [0.1, 0.15) is 21.6 Å². The standard InChI is InChI=1S/C23H17FN2O2/c24-20-14-18(22(27)13-16-9-11-25-12-10-16)6-8-23(20)28-15-19-7-5-17-3-1-2-4-21(17)26-19/h1-12,14H,13,15H2. The second-order valence-corrected chi connectivity index (χ2v) is 6.38. The molecule has 0 saturated carbocycles. The van der Waals surface area contributed by atoms with Crippen molar-refractivity contribution >= 4 is 16.7 Å². The minimum Gasteiger partial charge on any atom is -0.484 e. The van der Waals surface area contributed by atoms with Gasteiger partial charge in [0.15, 0.2) is 17.3 Å². The van der Waals surface area contributed by atoms with E-state index in [-0.39, 0.29) is 24.6 Å². The number of Topliss-reactive ketones (excluding diaryl/α,β-unsaturated/α-hetero) is 1. The third-order valence-electron chi connectivity index (χ3n) is 4.40. The number of hydrogen-bond acceptors (Lipinski definition) is 4. The Morgan fingerprint density at radius 1 is 0.964 bits per heavy atom. The number of carbonyl (C=O) groups is 1. The Balaban J connectivity index is 1.44. The summed E-state index contributed by atoms with van der Waals surface area (Å²) in [7, 11) is 0. The maximum atomic E-state index is 14.4. The maximum Gasteiger partial charge on any atom is 0.167 e. The summed E-state index contributed by atoms with van der Waals surface area (Å²) < 4.78 is 20.0. The second kappa shape index (κ2) is 7.96. The molecule has 28 heavy (non-hydrogen) atoms. The first kappa shape index (κ1) is 17.8. The third-order valence-corrected chi connectivity index (χ3v) is 4.40. The lowest BCUT2D eigenvalue weighted by molar-refractivity contribution is 0.0992. The number of carbonyl (C=O) groups excluding carboxylic acids is 1. The molecule has 4 rings (SSSR count). The summed E-state index contributed by atoms with van der Waals surface area (Å²) in [6.07, 6.45) is 3.45. The van der Waals surface area contributed by atoms with Crippen molar-refractivity contribution in [3.05, 3.63) is 102 Å². The Morgan fingerprint density at radius 2 is 1.79 bits per heavy atom. The van der Waals surface area contributed by atoms with Crippen LogP contribution in [0.5, 0.6) is 5.75 Å². The number of benzene rings is 2. The van der Waals surface area contributed by atoms with Crippen molar-refractivity contribution in [3.8, 4) is 5.75 Å². The predicted molar refractivity (Wildman–Crippen MR) is 105 cm³/mol. The number of fused-ring (bicyclic) bond motifs is 1. The molecule has 0 amide bonds. The van der Waals surface area contributed by atoms with Crippen molar-refractivity contribution in [1.29, 1.82) is 0 Å². The minimum atomic E-state index is -0.568. The molecule has 0 atom stereocenters. The van der Waals surface area contributed by atoms with Crippen LogP contribution in [0.15, 0.2) is 79.1 Å². The first-order valence-electron chi connectivity index (χ1n) is 8.88. The van der Waals surface area contributed by atoms with E-state index in [1.807, 2.05) is 36.4 Å². The average Bonchev–Trinajstić information content (AvgIpc) is 2.73. The van der Waals surface area contributed by atoms with Gasteiger partial charge in [-0.1, -0.05) is 24.3 Å². The Labute approximate surface area is 161 Å². The van der Waals surface area contributed by atoms with E-state index in [1.165, 1.54) is 12.1 Å². The van der Waals surface area contributed by atoms with Gasteiger partial charge in [0, 0.05) is 29.8 Å². The van der Waals surface area contributed by atoms with Gasteiger partial charge in [0.25, 0.3) is 0 Å². The van der Waals surface area contributed by atoms with Crippen molar-refractivity contribution in [2.75, 3.05) is 0 Å². The largest absolute Gasteiger partial charge is 0.484 e. The topological polar surface area (TPSA) is 52.1 Å². The van der Waals surface area contributed by atoms with Crippen LogP contribution in [-0.2, 0) is 13.0 Å². The van der Waals surface area contributed by atoms with Crippen LogP contribution in [0, 0.1) is 5.82 Å². The Hall–Kier alpha value is -3.60. The second-order valence-electron chi connectivity index (χ2n) is 6.38. The number of ether oxygens (including phenoxy) is 1. The summed E-state index contributed by atoms with van der Waals surface area (Å²) in [5.41, 5.74) is 2.71. The van der Waals surface area contributed by atoms with Crippen molar-refractivity contribution in [1.82, 2.24) is 9.97 Å². The molecular weight excluding hydrogens is 355 g/mol. The molecule has 4 aromatic rings. The van der Waals surface area contributed by atoms with Crippen LogP contribution in [0.2, 0.25) is 0 Å². The van der Waals surface area contributed by atoms with Gasteiger partial charge >= 0.3 is 0 Å². The van der Waals surface area contributed by atoms with Crippen LogP contribution < -0.4 is 4.74 Å². The fraction of sp³-hybridized carbons (Fsp3) is 0.0870. The Bertz CT molecular complexity index is 1130. The van der Waals surface area contributed by atoms with Gasteiger partial charge in [-0.25, -0.2) is 9.37 Å². The monoisotopic (exact) mass is 372 g/mol. The van der Waals surface area contributed by atoms with Crippen molar-refractivity contribution in [2.45, 2.75) is 13.0 Å². The van der Waals surface area contributed by atoms with Gasteiger partial charge in [-0.15, -0.1) is 0 Å². The molecule has 0 aliphatic heterocycles. The van der Waals surface area contributed by atoms with Crippen LogP contribution in [0.25, 0.3) is 10.9 Å². The summed E-state index contributed by atoms with van der Waals surface area (Å²) >= 11 is 0. The molecule has 0 radical (unpaired) electrons. The summed E-state index contributed by atoms with van der Waals surface area (Å²) in [6, 6.07) is 19.4. The molecule has 138 valence electrons. The van der Waals surface area contributed by atoms with Gasteiger partial charge in [0.1, 0.15) is 6.61 Å². The lowest BCUT2D eigenvalue weighted by Gasteiger charge is -2.09. The highest BCUT2D eigenvalue weighted by molar-refractivity contribution is 5.97. The molecule has 0 aliphatic carbocycles. The number of hydrogen-bond donors (Lipinski definition) is 0. The highest BCUT2D eigenvalue weighted by Crippen LogP contribution is 2.21. The molecule has 2 aromatic heterocycles. The molecule has 0 N–H and O–H groups in total. The molecule has 0 aliphatic rings. The smallest absolute Gasteiger partial charge is 0.167 e. The van der Waals surface area contributed by atoms with E-state index >= 15 is 0 Å². The van der Waals surface area contributed by atoms with E-state index < -0.39 is 5.82 Å². The summed E-state index contributed by atoms with van der Waals surface area (Å²) in [5.74, 6) is -0.635. The SMILES string of the molecule is O=C(Cc1ccncc1)c1ccc(OCc2ccc3ccccc3n2)c(F)c1. The molecule has 0 unspecified atom stereocenters. The zero-order valence-corrected chi connectivity index (χ0v) is 15.0. The molecule has 2 aromatic carbocycles. The highest BCUT2D eigenvalue weighted by Gasteiger charge is 2.12. The fourth-order valence-corrected chi connectivity index (χ4v) is 2.92. The first-order valence-corrected chi connectivity index (χ1v) is 8.88. The zero-order valence-electron chi connectivity index (χ0n) is 15.0. The number of nitrogens with zero attached hydrogens (tertiary/aromatic N) is 2. The number of halogens is 1. The van der Waals surface area contributed by atoms with E-state index in [4.69, 9.17) is 4.74 Å². The van der Waals surface area contributed by atoms with Crippen LogP contribution in [0.4, 0.5) is 4.39 Å². The van der Waals surface area contributed by atoms with E-state index in [0.29, 0.717) is 11.3 Å². The normalized spacial score (nSPS) is 10.8. The first-order chi connectivity index (χ1) is 13.7. The minimum absolute atomic E-state index is 0.0930. The summed E-state index contributed by atoms with van der Waals surface area (Å²) in [5, 5.41) is 1.04. The number of pyridine rings is 2. The summed E-state index contributed by atoms with van der Waals surface area (Å²) in [6.45, 7) is 0.145. The molecule has 2 heterocycles. The molecule has 0 bridgehead atoms. The zero-order chi connectivity index (χ0) is 19.3. The molecule has 0 spiro atoms. The van der Waals surface area contributed by atoms with E-state index in [0.717, 1.165) is 16.5 Å². The Kier molecular flexibility index (Phi) is 5.06. The van der Waals surface area contributed by atoms with E-state index in [1.54, 1.807) is 30.6 Å². The predicted octanol–water partition coefficient (Wildman–Crippen LogP) is 4.77. The lowest BCUT2D eigenvalue weighted by Crippen LogP contribution is -2.05. The quantitative estimate of drug-likeness (QED) is 0.457. The molecular formula is C23H17FN2O2. The van der Waals surface area contributed by atoms with Gasteiger partial charge in [-0.2, -0.15) is 0 Å². The van der Waals surface area contributed by atoms with Gasteiger partial charge in [-0.05, 0) is 48.0 Å². The third kappa shape index (κ3) is 4.04. The summed E-state index contributed by atoms with van der Waals surface area (Å²) in [4.78, 5) is 20.8.